The van der Waals surface area contributed by atoms with Crippen molar-refractivity contribution in [3.8, 4) is 17.0 Å². The first kappa shape index (κ1) is 22.5. The van der Waals surface area contributed by atoms with Crippen LogP contribution in [0.2, 0.25) is 4.34 Å². The summed E-state index contributed by atoms with van der Waals surface area (Å²) in [7, 11) is 4.02. The molecule has 0 aliphatic carbocycles. The average Bonchev–Trinajstić information content (AvgIpc) is 3.18. The maximum Gasteiger partial charge on any atom is 0.246 e. The van der Waals surface area contributed by atoms with Gasteiger partial charge in [-0.1, -0.05) is 42.4 Å². The normalized spacial score (nSPS) is 15.5. The topological polar surface area (TPSA) is 45.7 Å². The van der Waals surface area contributed by atoms with Crippen molar-refractivity contribution in [1.29, 1.82) is 0 Å². The van der Waals surface area contributed by atoms with Crippen molar-refractivity contribution in [2.24, 2.45) is 0 Å². The third-order valence-electron chi connectivity index (χ3n) is 5.58. The van der Waals surface area contributed by atoms with Gasteiger partial charge in [-0.3, -0.25) is 4.79 Å². The molecule has 1 aromatic carbocycles. The minimum atomic E-state index is -0.0662. The first-order chi connectivity index (χ1) is 15.5. The van der Waals surface area contributed by atoms with Gasteiger partial charge in [-0.05, 0) is 49.0 Å². The van der Waals surface area contributed by atoms with Crippen LogP contribution in [0, 0.1) is 0 Å². The van der Waals surface area contributed by atoms with Gasteiger partial charge in [-0.15, -0.1) is 11.3 Å². The molecule has 1 aliphatic rings. The van der Waals surface area contributed by atoms with E-state index < -0.39 is 0 Å². The summed E-state index contributed by atoms with van der Waals surface area (Å²) in [6.45, 7) is 6.24. The third kappa shape index (κ3) is 4.88. The highest BCUT2D eigenvalue weighted by molar-refractivity contribution is 7.16. The minimum absolute atomic E-state index is 0.0265. The second-order valence-corrected chi connectivity index (χ2v) is 9.80. The second kappa shape index (κ2) is 9.86. The fourth-order valence-electron chi connectivity index (χ4n) is 3.97. The molecule has 1 atom stereocenters. The number of hydrogen-bond donors (Lipinski definition) is 0. The van der Waals surface area contributed by atoms with Crippen LogP contribution in [0.4, 0.5) is 0 Å². The van der Waals surface area contributed by atoms with Crippen molar-refractivity contribution in [3.05, 3.63) is 81.7 Å². The Morgan fingerprint density at radius 3 is 2.84 bits per heavy atom. The lowest BCUT2D eigenvalue weighted by molar-refractivity contribution is -0.127. The summed E-state index contributed by atoms with van der Waals surface area (Å²) in [5.74, 6) is 0.572. The molecule has 166 valence electrons. The zero-order chi connectivity index (χ0) is 22.7. The molecule has 0 N–H and O–H groups in total. The summed E-state index contributed by atoms with van der Waals surface area (Å²) < 4.78 is 6.48. The number of ether oxygens (including phenoxy) is 1. The molecule has 3 aromatic rings. The smallest absolute Gasteiger partial charge is 0.246 e. The zero-order valence-corrected chi connectivity index (χ0v) is 19.8. The summed E-state index contributed by atoms with van der Waals surface area (Å²) in [5.41, 5.74) is 4.44. The first-order valence-electron chi connectivity index (χ1n) is 10.5. The van der Waals surface area contributed by atoms with Gasteiger partial charge >= 0.3 is 0 Å². The highest BCUT2D eigenvalue weighted by atomic mass is 35.5. The molecule has 0 saturated heterocycles. The maximum atomic E-state index is 12.4. The van der Waals surface area contributed by atoms with Crippen LogP contribution in [0.5, 0.6) is 5.88 Å². The summed E-state index contributed by atoms with van der Waals surface area (Å²) in [6, 6.07) is 14.3. The molecule has 3 heterocycles. The maximum absolute atomic E-state index is 12.4. The van der Waals surface area contributed by atoms with Crippen LogP contribution < -0.4 is 4.74 Å². The zero-order valence-electron chi connectivity index (χ0n) is 18.3. The number of aromatic nitrogens is 1. The molecule has 0 unspecified atom stereocenters. The van der Waals surface area contributed by atoms with Crippen LogP contribution in [0.15, 0.2) is 61.3 Å². The molecule has 1 aliphatic heterocycles. The predicted molar refractivity (Wildman–Crippen MR) is 131 cm³/mol. The van der Waals surface area contributed by atoms with Crippen LogP contribution in [0.1, 0.15) is 21.9 Å². The van der Waals surface area contributed by atoms with Gasteiger partial charge in [0.05, 0.1) is 10.9 Å². The van der Waals surface area contributed by atoms with Crippen LogP contribution in [-0.2, 0) is 11.3 Å². The van der Waals surface area contributed by atoms with Gasteiger partial charge in [-0.2, -0.15) is 0 Å². The number of carbonyl (C=O) groups is 1. The second-order valence-electron chi connectivity index (χ2n) is 8.03. The monoisotopic (exact) mass is 467 g/mol. The van der Waals surface area contributed by atoms with Gasteiger partial charge in [0.1, 0.15) is 6.61 Å². The number of rotatable bonds is 7. The molecule has 1 amide bonds. The van der Waals surface area contributed by atoms with E-state index in [0.29, 0.717) is 25.6 Å². The predicted octanol–water partition coefficient (Wildman–Crippen LogP) is 5.06. The molecule has 5 nitrogen and oxygen atoms in total. The van der Waals surface area contributed by atoms with E-state index in [1.54, 1.807) is 0 Å². The molecule has 0 saturated carbocycles. The van der Waals surface area contributed by atoms with Crippen molar-refractivity contribution in [3.63, 3.8) is 0 Å². The lowest BCUT2D eigenvalue weighted by Gasteiger charge is -2.33. The van der Waals surface area contributed by atoms with E-state index in [9.17, 15) is 4.79 Å². The Balaban J connectivity index is 1.66. The number of likely N-dealkylation sites (N-methyl/N-ethyl adjacent to an activating group) is 1. The SMILES string of the molecule is C=CC(=O)N1Cc2sc(Cl)cc2[C@@H](c2ccccc2-c2ccc(OCCN(C)C)nc2)C1. The number of thiophene rings is 1. The number of carbonyl (C=O) groups excluding carboxylic acids is 1. The average molecular weight is 468 g/mol. The molecule has 0 spiro atoms. The molecule has 0 fully saturated rings. The number of halogens is 1. The van der Waals surface area contributed by atoms with E-state index >= 15 is 0 Å². The summed E-state index contributed by atoms with van der Waals surface area (Å²) in [4.78, 5) is 22.0. The van der Waals surface area contributed by atoms with E-state index in [1.165, 1.54) is 23.0 Å². The van der Waals surface area contributed by atoms with Crippen LogP contribution in [0.3, 0.4) is 0 Å². The van der Waals surface area contributed by atoms with Crippen LogP contribution >= 0.6 is 22.9 Å². The largest absolute Gasteiger partial charge is 0.476 e. The number of hydrogen-bond acceptors (Lipinski definition) is 5. The Morgan fingerprint density at radius 1 is 1.31 bits per heavy atom. The molecule has 0 bridgehead atoms. The fourth-order valence-corrected chi connectivity index (χ4v) is 5.33. The lowest BCUT2D eigenvalue weighted by Crippen LogP contribution is -2.37. The van der Waals surface area contributed by atoms with Gasteiger partial charge < -0.3 is 14.5 Å². The van der Waals surface area contributed by atoms with E-state index in [2.05, 4.69) is 28.6 Å². The van der Waals surface area contributed by atoms with Crippen molar-refractivity contribution in [2.45, 2.75) is 12.5 Å². The lowest BCUT2D eigenvalue weighted by atomic mass is 9.84. The Labute approximate surface area is 197 Å². The molecule has 32 heavy (non-hydrogen) atoms. The molecular weight excluding hydrogens is 442 g/mol. The van der Waals surface area contributed by atoms with E-state index in [0.717, 1.165) is 32.4 Å². The van der Waals surface area contributed by atoms with Gasteiger partial charge in [0.25, 0.3) is 0 Å². The Kier molecular flexibility index (Phi) is 6.94. The molecule has 2 aromatic heterocycles. The summed E-state index contributed by atoms with van der Waals surface area (Å²) >= 11 is 7.91. The number of nitrogens with zero attached hydrogens (tertiary/aromatic N) is 3. The first-order valence-corrected chi connectivity index (χ1v) is 11.7. The molecule has 0 radical (unpaired) electrons. The van der Waals surface area contributed by atoms with E-state index in [1.807, 2.05) is 55.5 Å². The Hall–Kier alpha value is -2.67. The minimum Gasteiger partial charge on any atom is -0.476 e. The van der Waals surface area contributed by atoms with Crippen molar-refractivity contribution >= 4 is 28.8 Å². The van der Waals surface area contributed by atoms with Crippen molar-refractivity contribution < 1.29 is 9.53 Å². The van der Waals surface area contributed by atoms with Crippen LogP contribution in [-0.4, -0.2) is 54.5 Å². The van der Waals surface area contributed by atoms with E-state index in [-0.39, 0.29) is 11.8 Å². The Morgan fingerprint density at radius 2 is 2.12 bits per heavy atom. The van der Waals surface area contributed by atoms with Gasteiger partial charge in [0.15, 0.2) is 0 Å². The van der Waals surface area contributed by atoms with Crippen molar-refractivity contribution in [2.75, 3.05) is 33.8 Å². The third-order valence-corrected chi connectivity index (χ3v) is 6.85. The highest BCUT2D eigenvalue weighted by Gasteiger charge is 2.31. The van der Waals surface area contributed by atoms with Crippen LogP contribution in [0.25, 0.3) is 11.1 Å². The van der Waals surface area contributed by atoms with Gasteiger partial charge in [0.2, 0.25) is 11.8 Å². The quantitative estimate of drug-likeness (QED) is 0.455. The number of fused-ring (bicyclic) bond motifs is 1. The summed E-state index contributed by atoms with van der Waals surface area (Å²) in [5, 5.41) is 0. The van der Waals surface area contributed by atoms with Gasteiger partial charge in [0, 0.05) is 41.7 Å². The summed E-state index contributed by atoms with van der Waals surface area (Å²) in [6.07, 6.45) is 3.23. The number of pyridine rings is 1. The molecule has 4 rings (SSSR count). The standard InChI is InChI=1S/C25H26ClN3O2S/c1-4-25(30)29-15-21(20-13-23(26)32-22(20)16-29)19-8-6-5-7-18(19)17-9-10-24(27-14-17)31-12-11-28(2)3/h4-10,13-14,21H,1,11-12,15-16H2,2-3H3/t21-/m1/s1. The molecular formula is C25H26ClN3O2S. The van der Waals surface area contributed by atoms with E-state index in [4.69, 9.17) is 16.3 Å². The number of benzene rings is 1. The highest BCUT2D eigenvalue weighted by Crippen LogP contribution is 2.42. The van der Waals surface area contributed by atoms with Crippen molar-refractivity contribution in [1.82, 2.24) is 14.8 Å². The fraction of sp³-hybridized carbons (Fsp3) is 0.280. The Bertz CT molecular complexity index is 1110. The van der Waals surface area contributed by atoms with Gasteiger partial charge in [-0.25, -0.2) is 4.98 Å². The molecule has 7 heteroatoms. The number of amides is 1.